The molecule has 1 aromatic carbocycles. The second-order valence-electron chi connectivity index (χ2n) is 5.28. The molecule has 0 amide bonds. The Morgan fingerprint density at radius 3 is 2.32 bits per heavy atom. The van der Waals surface area contributed by atoms with Gasteiger partial charge in [0.1, 0.15) is 5.75 Å². The van der Waals surface area contributed by atoms with Crippen LogP contribution in [0.25, 0.3) is 0 Å². The van der Waals surface area contributed by atoms with Crippen molar-refractivity contribution in [3.63, 3.8) is 0 Å². The van der Waals surface area contributed by atoms with Crippen LogP contribution >= 0.6 is 0 Å². The molecule has 0 aromatic heterocycles. The number of aliphatic hydroxyl groups is 1. The Morgan fingerprint density at radius 1 is 1.16 bits per heavy atom. The normalized spacial score (nSPS) is 14.4. The maximum absolute atomic E-state index is 10.3. The first-order chi connectivity index (χ1) is 9.04. The first kappa shape index (κ1) is 16.0. The van der Waals surface area contributed by atoms with Gasteiger partial charge in [0.2, 0.25) is 0 Å². The van der Waals surface area contributed by atoms with Gasteiger partial charge in [-0.3, -0.25) is 0 Å². The number of aliphatic hydroxyl groups excluding tert-OH is 1. The highest BCUT2D eigenvalue weighted by atomic mass is 16.5. The van der Waals surface area contributed by atoms with Crippen LogP contribution in [0.4, 0.5) is 0 Å². The van der Waals surface area contributed by atoms with Crippen molar-refractivity contribution in [1.82, 2.24) is 5.32 Å². The second kappa shape index (κ2) is 8.18. The van der Waals surface area contributed by atoms with Crippen LogP contribution in [0, 0.1) is 0 Å². The van der Waals surface area contributed by atoms with E-state index in [1.54, 1.807) is 0 Å². The monoisotopic (exact) mass is 265 g/mol. The van der Waals surface area contributed by atoms with E-state index < -0.39 is 6.10 Å². The number of ether oxygens (including phenoxy) is 1. The van der Waals surface area contributed by atoms with Crippen LogP contribution in [0.5, 0.6) is 5.75 Å². The smallest absolute Gasteiger partial charge is 0.119 e. The number of hydrogen-bond acceptors (Lipinski definition) is 3. The number of benzene rings is 1. The number of rotatable bonds is 8. The third-order valence-corrected chi connectivity index (χ3v) is 3.06. The van der Waals surface area contributed by atoms with Crippen LogP contribution in [-0.4, -0.2) is 23.8 Å². The van der Waals surface area contributed by atoms with Gasteiger partial charge in [-0.25, -0.2) is 0 Å². The molecule has 0 fully saturated rings. The fourth-order valence-electron chi connectivity index (χ4n) is 1.92. The van der Waals surface area contributed by atoms with Crippen molar-refractivity contribution in [2.45, 2.75) is 58.8 Å². The van der Waals surface area contributed by atoms with Gasteiger partial charge in [0, 0.05) is 6.04 Å². The van der Waals surface area contributed by atoms with E-state index in [1.165, 1.54) is 0 Å². The highest BCUT2D eigenvalue weighted by Crippen LogP contribution is 2.21. The highest BCUT2D eigenvalue weighted by molar-refractivity contribution is 5.29. The fourth-order valence-corrected chi connectivity index (χ4v) is 1.92. The lowest BCUT2D eigenvalue weighted by Crippen LogP contribution is -2.32. The van der Waals surface area contributed by atoms with Gasteiger partial charge >= 0.3 is 0 Å². The van der Waals surface area contributed by atoms with Gasteiger partial charge in [-0.05, 0) is 51.4 Å². The minimum absolute atomic E-state index is 0.0587. The first-order valence-electron chi connectivity index (χ1n) is 7.22. The first-order valence-corrected chi connectivity index (χ1v) is 7.22. The van der Waals surface area contributed by atoms with E-state index in [-0.39, 0.29) is 12.1 Å². The molecular weight excluding hydrogens is 238 g/mol. The molecule has 0 saturated carbocycles. The third-order valence-electron chi connectivity index (χ3n) is 3.06. The van der Waals surface area contributed by atoms with E-state index in [4.69, 9.17) is 4.74 Å². The van der Waals surface area contributed by atoms with E-state index in [1.807, 2.05) is 45.0 Å². The molecule has 3 nitrogen and oxygen atoms in total. The van der Waals surface area contributed by atoms with E-state index in [2.05, 4.69) is 12.2 Å². The summed E-state index contributed by atoms with van der Waals surface area (Å²) in [7, 11) is 0. The van der Waals surface area contributed by atoms with E-state index in [0.29, 0.717) is 0 Å². The molecule has 108 valence electrons. The molecule has 0 spiro atoms. The van der Waals surface area contributed by atoms with Crippen molar-refractivity contribution in [2.24, 2.45) is 0 Å². The van der Waals surface area contributed by atoms with Gasteiger partial charge in [0.05, 0.1) is 12.2 Å². The van der Waals surface area contributed by atoms with Crippen LogP contribution in [-0.2, 0) is 0 Å². The van der Waals surface area contributed by atoms with Crippen molar-refractivity contribution in [2.75, 3.05) is 6.54 Å². The maximum atomic E-state index is 10.3. The number of hydrogen-bond donors (Lipinski definition) is 2. The minimum Gasteiger partial charge on any atom is -0.491 e. The Hall–Kier alpha value is -1.06. The molecule has 0 bridgehead atoms. The van der Waals surface area contributed by atoms with Gasteiger partial charge in [-0.1, -0.05) is 25.5 Å². The molecule has 2 atom stereocenters. The Kier molecular flexibility index (Phi) is 6.89. The van der Waals surface area contributed by atoms with E-state index in [9.17, 15) is 5.11 Å². The summed E-state index contributed by atoms with van der Waals surface area (Å²) in [4.78, 5) is 0. The lowest BCUT2D eigenvalue weighted by atomic mass is 10.0. The average molecular weight is 265 g/mol. The lowest BCUT2D eigenvalue weighted by molar-refractivity contribution is 0.136. The summed E-state index contributed by atoms with van der Waals surface area (Å²) >= 11 is 0. The van der Waals surface area contributed by atoms with Crippen molar-refractivity contribution < 1.29 is 9.84 Å². The Bertz CT molecular complexity index is 348. The molecule has 0 heterocycles. The molecular formula is C16H27NO2. The minimum atomic E-state index is -0.482. The van der Waals surface area contributed by atoms with Crippen LogP contribution in [0.15, 0.2) is 24.3 Å². The standard InChI is InChI=1S/C16H27NO2/c1-5-6-11-17-13(4)16(18)14-7-9-15(10-8-14)19-12(2)3/h7-10,12-13,16-18H,5-6,11H2,1-4H3. The zero-order chi connectivity index (χ0) is 14.3. The summed E-state index contributed by atoms with van der Waals surface area (Å²) in [6.07, 6.45) is 1.99. The predicted octanol–water partition coefficient (Wildman–Crippen LogP) is 3.29. The molecule has 0 saturated heterocycles. The zero-order valence-electron chi connectivity index (χ0n) is 12.5. The summed E-state index contributed by atoms with van der Waals surface area (Å²) in [5.74, 6) is 0.845. The number of unbranched alkanes of at least 4 members (excludes halogenated alkanes) is 1. The zero-order valence-corrected chi connectivity index (χ0v) is 12.5. The maximum Gasteiger partial charge on any atom is 0.119 e. The van der Waals surface area contributed by atoms with Crippen molar-refractivity contribution in [1.29, 1.82) is 0 Å². The third kappa shape index (κ3) is 5.62. The quantitative estimate of drug-likeness (QED) is 0.709. The molecule has 0 aliphatic heterocycles. The van der Waals surface area contributed by atoms with Crippen LogP contribution in [0.1, 0.15) is 52.2 Å². The molecule has 0 aliphatic rings. The topological polar surface area (TPSA) is 41.5 Å². The molecule has 0 radical (unpaired) electrons. The van der Waals surface area contributed by atoms with Crippen molar-refractivity contribution in [3.8, 4) is 5.75 Å². The molecule has 1 aromatic rings. The summed E-state index contributed by atoms with van der Waals surface area (Å²) in [5.41, 5.74) is 0.924. The highest BCUT2D eigenvalue weighted by Gasteiger charge is 2.15. The molecule has 1 rings (SSSR count). The van der Waals surface area contributed by atoms with E-state index in [0.717, 1.165) is 30.7 Å². The lowest BCUT2D eigenvalue weighted by Gasteiger charge is -2.21. The van der Waals surface area contributed by atoms with Crippen LogP contribution < -0.4 is 10.1 Å². The summed E-state index contributed by atoms with van der Waals surface area (Å²) in [6, 6.07) is 7.75. The predicted molar refractivity (Wildman–Crippen MR) is 79.5 cm³/mol. The van der Waals surface area contributed by atoms with E-state index >= 15 is 0 Å². The second-order valence-corrected chi connectivity index (χ2v) is 5.28. The van der Waals surface area contributed by atoms with Gasteiger partial charge in [-0.15, -0.1) is 0 Å². The van der Waals surface area contributed by atoms with Gasteiger partial charge in [0.15, 0.2) is 0 Å². The molecule has 0 aliphatic carbocycles. The molecule has 3 heteroatoms. The molecule has 2 N–H and O–H groups in total. The summed E-state index contributed by atoms with van der Waals surface area (Å²) in [5, 5.41) is 13.6. The molecule has 19 heavy (non-hydrogen) atoms. The largest absolute Gasteiger partial charge is 0.491 e. The average Bonchev–Trinajstić information content (AvgIpc) is 2.38. The van der Waals surface area contributed by atoms with Crippen LogP contribution in [0.3, 0.4) is 0 Å². The Labute approximate surface area is 117 Å². The van der Waals surface area contributed by atoms with Crippen molar-refractivity contribution >= 4 is 0 Å². The fraction of sp³-hybridized carbons (Fsp3) is 0.625. The SMILES string of the molecule is CCCCNC(C)C(O)c1ccc(OC(C)C)cc1. The van der Waals surface area contributed by atoms with Gasteiger partial charge in [0.25, 0.3) is 0 Å². The number of nitrogens with one attached hydrogen (secondary N) is 1. The summed E-state index contributed by atoms with van der Waals surface area (Å²) in [6.45, 7) is 9.13. The Balaban J connectivity index is 2.54. The molecule has 2 unspecified atom stereocenters. The van der Waals surface area contributed by atoms with Gasteiger partial charge in [-0.2, -0.15) is 0 Å². The summed E-state index contributed by atoms with van der Waals surface area (Å²) < 4.78 is 5.59. The Morgan fingerprint density at radius 2 is 1.79 bits per heavy atom. The van der Waals surface area contributed by atoms with Crippen LogP contribution in [0.2, 0.25) is 0 Å². The van der Waals surface area contributed by atoms with Gasteiger partial charge < -0.3 is 15.2 Å². The van der Waals surface area contributed by atoms with Crippen molar-refractivity contribution in [3.05, 3.63) is 29.8 Å².